The second-order valence-corrected chi connectivity index (χ2v) is 7.51. The molecule has 0 aromatic carbocycles. The number of hydrogen-bond donors (Lipinski definition) is 1. The third-order valence-electron chi connectivity index (χ3n) is 3.47. The average molecular weight is 292 g/mol. The number of piperidine rings is 1. The molecule has 0 unspecified atom stereocenters. The summed E-state index contributed by atoms with van der Waals surface area (Å²) in [4.78, 5) is 0. The van der Waals surface area contributed by atoms with Crippen molar-refractivity contribution in [1.82, 2.24) is 9.62 Å². The summed E-state index contributed by atoms with van der Waals surface area (Å²) in [5.41, 5.74) is 0. The van der Waals surface area contributed by atoms with Gasteiger partial charge in [0.25, 0.3) is 0 Å². The van der Waals surface area contributed by atoms with Crippen LogP contribution in [0.15, 0.2) is 0 Å². The van der Waals surface area contributed by atoms with Crippen molar-refractivity contribution in [2.45, 2.75) is 39.7 Å². The van der Waals surface area contributed by atoms with E-state index in [0.717, 1.165) is 19.4 Å². The summed E-state index contributed by atoms with van der Waals surface area (Å²) < 4.78 is 30.9. The molecule has 1 aliphatic heterocycles. The van der Waals surface area contributed by atoms with Crippen molar-refractivity contribution >= 4 is 10.0 Å². The fourth-order valence-electron chi connectivity index (χ4n) is 2.23. The minimum Gasteiger partial charge on any atom is -0.381 e. The van der Waals surface area contributed by atoms with Gasteiger partial charge in [-0.2, -0.15) is 0 Å². The lowest BCUT2D eigenvalue weighted by Crippen LogP contribution is -2.42. The van der Waals surface area contributed by atoms with E-state index in [1.807, 2.05) is 6.92 Å². The predicted molar refractivity (Wildman–Crippen MR) is 77.7 cm³/mol. The zero-order valence-electron chi connectivity index (χ0n) is 12.4. The Morgan fingerprint density at radius 2 is 1.95 bits per heavy atom. The van der Waals surface area contributed by atoms with Crippen LogP contribution >= 0.6 is 0 Å². The van der Waals surface area contributed by atoms with Gasteiger partial charge in [-0.3, -0.25) is 0 Å². The lowest BCUT2D eigenvalue weighted by Gasteiger charge is -2.31. The SMILES string of the molecule is CCOCCS(=O)(=O)N1CCC(CNC(C)C)CC1. The maximum Gasteiger partial charge on any atom is 0.216 e. The van der Waals surface area contributed by atoms with Crippen molar-refractivity contribution in [3.8, 4) is 0 Å². The van der Waals surface area contributed by atoms with Gasteiger partial charge in [-0.1, -0.05) is 13.8 Å². The van der Waals surface area contributed by atoms with Crippen LogP contribution in [-0.2, 0) is 14.8 Å². The highest BCUT2D eigenvalue weighted by atomic mass is 32.2. The third-order valence-corrected chi connectivity index (χ3v) is 5.31. The maximum absolute atomic E-state index is 12.1. The van der Waals surface area contributed by atoms with Gasteiger partial charge >= 0.3 is 0 Å². The molecule has 114 valence electrons. The molecule has 5 nitrogen and oxygen atoms in total. The summed E-state index contributed by atoms with van der Waals surface area (Å²) in [6.07, 6.45) is 1.90. The van der Waals surface area contributed by atoms with Crippen LogP contribution in [0.3, 0.4) is 0 Å². The standard InChI is InChI=1S/C13H28N2O3S/c1-4-18-9-10-19(16,17)15-7-5-13(6-8-15)11-14-12(2)3/h12-14H,4-11H2,1-3H3. The molecule has 1 fully saturated rings. The van der Waals surface area contributed by atoms with Gasteiger partial charge in [0.1, 0.15) is 0 Å². The molecule has 19 heavy (non-hydrogen) atoms. The van der Waals surface area contributed by atoms with Gasteiger partial charge in [0, 0.05) is 25.7 Å². The second kappa shape index (κ2) is 8.19. The molecule has 1 aliphatic rings. The quantitative estimate of drug-likeness (QED) is 0.680. The Kier molecular flexibility index (Phi) is 7.28. The Morgan fingerprint density at radius 3 is 2.47 bits per heavy atom. The minimum atomic E-state index is -3.12. The normalized spacial score (nSPS) is 19.2. The molecule has 0 bridgehead atoms. The summed E-state index contributed by atoms with van der Waals surface area (Å²) in [7, 11) is -3.12. The van der Waals surface area contributed by atoms with Crippen LogP contribution in [0.5, 0.6) is 0 Å². The monoisotopic (exact) mass is 292 g/mol. The molecular weight excluding hydrogens is 264 g/mol. The van der Waals surface area contributed by atoms with Gasteiger partial charge in [0.05, 0.1) is 12.4 Å². The molecule has 1 saturated heterocycles. The molecule has 1 heterocycles. The largest absolute Gasteiger partial charge is 0.381 e. The van der Waals surface area contributed by atoms with Crippen LogP contribution in [0.2, 0.25) is 0 Å². The van der Waals surface area contributed by atoms with Crippen molar-refractivity contribution in [2.24, 2.45) is 5.92 Å². The number of rotatable bonds is 8. The highest BCUT2D eigenvalue weighted by Gasteiger charge is 2.27. The molecule has 0 atom stereocenters. The molecule has 0 saturated carbocycles. The predicted octanol–water partition coefficient (Wildman–Crippen LogP) is 1.06. The first-order chi connectivity index (χ1) is 8.95. The molecular formula is C13H28N2O3S. The molecule has 1 rings (SSSR count). The van der Waals surface area contributed by atoms with E-state index < -0.39 is 10.0 Å². The van der Waals surface area contributed by atoms with E-state index >= 15 is 0 Å². The summed E-state index contributed by atoms with van der Waals surface area (Å²) in [5.74, 6) is 0.705. The second-order valence-electron chi connectivity index (χ2n) is 5.42. The van der Waals surface area contributed by atoms with Gasteiger partial charge in [0.15, 0.2) is 0 Å². The zero-order valence-corrected chi connectivity index (χ0v) is 13.2. The number of hydrogen-bond acceptors (Lipinski definition) is 4. The Hall–Kier alpha value is -0.170. The van der Waals surface area contributed by atoms with Crippen molar-refractivity contribution < 1.29 is 13.2 Å². The molecule has 0 aliphatic carbocycles. The van der Waals surface area contributed by atoms with Gasteiger partial charge < -0.3 is 10.1 Å². The van der Waals surface area contributed by atoms with Crippen molar-refractivity contribution in [1.29, 1.82) is 0 Å². The minimum absolute atomic E-state index is 0.107. The maximum atomic E-state index is 12.1. The van der Waals surface area contributed by atoms with Gasteiger partial charge in [-0.15, -0.1) is 0 Å². The Morgan fingerprint density at radius 1 is 1.32 bits per heavy atom. The van der Waals surface area contributed by atoms with Crippen LogP contribution in [0, 0.1) is 5.92 Å². The van der Waals surface area contributed by atoms with E-state index in [2.05, 4.69) is 19.2 Å². The number of nitrogens with one attached hydrogen (secondary N) is 1. The van der Waals surface area contributed by atoms with Crippen LogP contribution in [-0.4, -0.2) is 57.4 Å². The molecule has 0 aromatic rings. The first-order valence-corrected chi connectivity index (χ1v) is 8.85. The smallest absolute Gasteiger partial charge is 0.216 e. The Bertz CT molecular complexity index is 336. The van der Waals surface area contributed by atoms with Gasteiger partial charge in [-0.25, -0.2) is 12.7 Å². The highest BCUT2D eigenvalue weighted by molar-refractivity contribution is 7.89. The van der Waals surface area contributed by atoms with Gasteiger partial charge in [-0.05, 0) is 32.2 Å². The fraction of sp³-hybridized carbons (Fsp3) is 1.00. The number of ether oxygens (including phenoxy) is 1. The summed E-state index contributed by atoms with van der Waals surface area (Å²) in [6, 6.07) is 0.493. The molecule has 0 spiro atoms. The van der Waals surface area contributed by atoms with Crippen LogP contribution in [0.4, 0.5) is 0 Å². The average Bonchev–Trinajstić information content (AvgIpc) is 2.37. The van der Waals surface area contributed by atoms with E-state index in [1.165, 1.54) is 0 Å². The van der Waals surface area contributed by atoms with E-state index in [4.69, 9.17) is 4.74 Å². The molecule has 6 heteroatoms. The lowest BCUT2D eigenvalue weighted by molar-refractivity contribution is 0.161. The Labute approximate surface area is 117 Å². The Balaban J connectivity index is 2.32. The van der Waals surface area contributed by atoms with Crippen molar-refractivity contribution in [3.63, 3.8) is 0 Å². The molecule has 1 N–H and O–H groups in total. The highest BCUT2D eigenvalue weighted by Crippen LogP contribution is 2.19. The van der Waals surface area contributed by atoms with Crippen LogP contribution in [0.1, 0.15) is 33.6 Å². The van der Waals surface area contributed by atoms with E-state index in [-0.39, 0.29) is 5.75 Å². The van der Waals surface area contributed by atoms with Gasteiger partial charge in [0.2, 0.25) is 10.0 Å². The zero-order chi connectivity index (χ0) is 14.3. The van der Waals surface area contributed by atoms with E-state index in [0.29, 0.717) is 38.3 Å². The number of nitrogens with zero attached hydrogens (tertiary/aromatic N) is 1. The van der Waals surface area contributed by atoms with E-state index in [9.17, 15) is 8.42 Å². The first-order valence-electron chi connectivity index (χ1n) is 7.24. The summed E-state index contributed by atoms with van der Waals surface area (Å²) >= 11 is 0. The van der Waals surface area contributed by atoms with Crippen LogP contribution < -0.4 is 5.32 Å². The molecule has 0 aromatic heterocycles. The van der Waals surface area contributed by atoms with E-state index in [1.54, 1.807) is 4.31 Å². The van der Waals surface area contributed by atoms with Crippen molar-refractivity contribution in [3.05, 3.63) is 0 Å². The summed E-state index contributed by atoms with van der Waals surface area (Å²) in [6.45, 7) is 9.30. The molecule has 0 amide bonds. The molecule has 0 radical (unpaired) electrons. The fourth-order valence-corrected chi connectivity index (χ4v) is 3.59. The summed E-state index contributed by atoms with van der Waals surface area (Å²) in [5, 5.41) is 3.42. The third kappa shape index (κ3) is 6.21. The topological polar surface area (TPSA) is 58.6 Å². The lowest BCUT2D eigenvalue weighted by atomic mass is 9.98. The van der Waals surface area contributed by atoms with Crippen LogP contribution in [0.25, 0.3) is 0 Å². The van der Waals surface area contributed by atoms with Crippen molar-refractivity contribution in [2.75, 3.05) is 38.6 Å². The number of sulfonamides is 1. The first kappa shape index (κ1) is 16.9.